The van der Waals surface area contributed by atoms with E-state index in [0.29, 0.717) is 6.04 Å². The van der Waals surface area contributed by atoms with Crippen LogP contribution in [0, 0.1) is 11.8 Å². The van der Waals surface area contributed by atoms with Gasteiger partial charge in [-0.05, 0) is 49.1 Å². The van der Waals surface area contributed by atoms with Crippen molar-refractivity contribution < 1.29 is 0 Å². The van der Waals surface area contributed by atoms with Crippen molar-refractivity contribution in [2.24, 2.45) is 11.8 Å². The van der Waals surface area contributed by atoms with E-state index in [9.17, 15) is 0 Å². The molecule has 1 fully saturated rings. The summed E-state index contributed by atoms with van der Waals surface area (Å²) in [6, 6.07) is 4.86. The van der Waals surface area contributed by atoms with Gasteiger partial charge in [-0.2, -0.15) is 0 Å². The van der Waals surface area contributed by atoms with E-state index >= 15 is 0 Å². The minimum absolute atomic E-state index is 0.713. The predicted molar refractivity (Wildman–Crippen MR) is 71.7 cm³/mol. The lowest BCUT2D eigenvalue weighted by Gasteiger charge is -2.31. The van der Waals surface area contributed by atoms with Gasteiger partial charge in [0.05, 0.1) is 0 Å². The molecule has 1 heterocycles. The third-order valence-corrected chi connectivity index (χ3v) is 4.03. The lowest BCUT2D eigenvalue weighted by atomic mass is 9.80. The van der Waals surface area contributed by atoms with Crippen molar-refractivity contribution in [2.45, 2.75) is 52.1 Å². The van der Waals surface area contributed by atoms with Crippen molar-refractivity contribution in [3.8, 4) is 0 Å². The number of rotatable bonds is 4. The third-order valence-electron chi connectivity index (χ3n) is 4.03. The van der Waals surface area contributed by atoms with Crippen LogP contribution in [0.5, 0.6) is 0 Å². The first kappa shape index (κ1) is 12.6. The molecule has 1 aliphatic carbocycles. The molecule has 0 amide bonds. The summed E-state index contributed by atoms with van der Waals surface area (Å²) in [5.41, 5.74) is 1.29. The second kappa shape index (κ2) is 6.15. The fraction of sp³-hybridized carbons (Fsp3) is 0.667. The van der Waals surface area contributed by atoms with Crippen LogP contribution in [-0.2, 0) is 6.54 Å². The van der Waals surface area contributed by atoms with Crippen LogP contribution in [-0.4, -0.2) is 11.0 Å². The van der Waals surface area contributed by atoms with Gasteiger partial charge in [0.1, 0.15) is 0 Å². The zero-order valence-electron chi connectivity index (χ0n) is 11.0. The maximum Gasteiger partial charge on any atom is 0.0312 e. The molecule has 1 N–H and O–H groups in total. The lowest BCUT2D eigenvalue weighted by molar-refractivity contribution is 0.238. The Morgan fingerprint density at radius 3 is 2.65 bits per heavy atom. The summed E-state index contributed by atoms with van der Waals surface area (Å²) in [6.07, 6.45) is 9.24. The Morgan fingerprint density at radius 1 is 1.29 bits per heavy atom. The fourth-order valence-electron chi connectivity index (χ4n) is 2.75. The Labute approximate surface area is 105 Å². The van der Waals surface area contributed by atoms with Crippen LogP contribution in [0.25, 0.3) is 0 Å². The van der Waals surface area contributed by atoms with Gasteiger partial charge in [-0.3, -0.25) is 4.98 Å². The molecule has 1 aliphatic rings. The van der Waals surface area contributed by atoms with Crippen LogP contribution in [0.2, 0.25) is 0 Å². The van der Waals surface area contributed by atoms with E-state index < -0.39 is 0 Å². The Bertz CT molecular complexity index is 313. The molecular weight excluding hydrogens is 208 g/mol. The van der Waals surface area contributed by atoms with Crippen molar-refractivity contribution in [1.82, 2.24) is 10.3 Å². The molecule has 0 saturated heterocycles. The summed E-state index contributed by atoms with van der Waals surface area (Å²) in [4.78, 5) is 4.14. The van der Waals surface area contributed by atoms with E-state index in [1.165, 1.54) is 31.2 Å². The number of pyridine rings is 1. The molecule has 1 aromatic heterocycles. The fourth-order valence-corrected chi connectivity index (χ4v) is 2.75. The van der Waals surface area contributed by atoms with Gasteiger partial charge in [-0.1, -0.05) is 19.9 Å². The van der Waals surface area contributed by atoms with Crippen molar-refractivity contribution in [3.63, 3.8) is 0 Å². The zero-order chi connectivity index (χ0) is 12.1. The molecule has 0 unspecified atom stereocenters. The van der Waals surface area contributed by atoms with E-state index in [4.69, 9.17) is 0 Å². The van der Waals surface area contributed by atoms with Gasteiger partial charge in [0.15, 0.2) is 0 Å². The molecule has 1 aromatic rings. The summed E-state index contributed by atoms with van der Waals surface area (Å²) in [5.74, 6) is 1.81. The molecule has 2 rings (SSSR count). The van der Waals surface area contributed by atoms with E-state index in [1.54, 1.807) is 0 Å². The largest absolute Gasteiger partial charge is 0.310 e. The topological polar surface area (TPSA) is 24.9 Å². The highest BCUT2D eigenvalue weighted by atomic mass is 14.9. The van der Waals surface area contributed by atoms with Crippen molar-refractivity contribution in [1.29, 1.82) is 0 Å². The highest BCUT2D eigenvalue weighted by Crippen LogP contribution is 2.29. The highest BCUT2D eigenvalue weighted by molar-refractivity contribution is 5.08. The molecule has 0 aromatic carbocycles. The molecule has 1 saturated carbocycles. The maximum absolute atomic E-state index is 4.14. The Hall–Kier alpha value is -0.890. The van der Waals surface area contributed by atoms with Gasteiger partial charge in [-0.25, -0.2) is 0 Å². The van der Waals surface area contributed by atoms with Gasteiger partial charge in [0.25, 0.3) is 0 Å². The van der Waals surface area contributed by atoms with Gasteiger partial charge in [-0.15, -0.1) is 0 Å². The summed E-state index contributed by atoms with van der Waals surface area (Å²) >= 11 is 0. The number of hydrogen-bond donors (Lipinski definition) is 1. The van der Waals surface area contributed by atoms with Gasteiger partial charge >= 0.3 is 0 Å². The standard InChI is InChI=1S/C15H24N2/c1-12(2)14-5-7-15(8-6-14)17-11-13-4-3-9-16-10-13/h3-4,9-10,12,14-15,17H,5-8,11H2,1-2H3. The smallest absolute Gasteiger partial charge is 0.0312 e. The molecule has 17 heavy (non-hydrogen) atoms. The molecule has 0 aliphatic heterocycles. The van der Waals surface area contributed by atoms with Crippen LogP contribution in [0.4, 0.5) is 0 Å². The summed E-state index contributed by atoms with van der Waals surface area (Å²) in [5, 5.41) is 3.66. The third kappa shape index (κ3) is 3.81. The number of aromatic nitrogens is 1. The molecule has 0 bridgehead atoms. The van der Waals surface area contributed by atoms with Gasteiger partial charge < -0.3 is 5.32 Å². The molecule has 2 heteroatoms. The number of nitrogens with one attached hydrogen (secondary N) is 1. The van der Waals surface area contributed by atoms with Crippen LogP contribution >= 0.6 is 0 Å². The van der Waals surface area contributed by atoms with E-state index in [-0.39, 0.29) is 0 Å². The molecular formula is C15H24N2. The van der Waals surface area contributed by atoms with E-state index in [1.807, 2.05) is 18.5 Å². The van der Waals surface area contributed by atoms with Crippen LogP contribution in [0.1, 0.15) is 45.1 Å². The quantitative estimate of drug-likeness (QED) is 0.860. The first-order chi connectivity index (χ1) is 8.25. The van der Waals surface area contributed by atoms with Gasteiger partial charge in [0.2, 0.25) is 0 Å². The van der Waals surface area contributed by atoms with Gasteiger partial charge in [0, 0.05) is 25.0 Å². The molecule has 0 radical (unpaired) electrons. The van der Waals surface area contributed by atoms with E-state index in [2.05, 4.69) is 30.2 Å². The van der Waals surface area contributed by atoms with Crippen molar-refractivity contribution in [2.75, 3.05) is 0 Å². The second-order valence-electron chi connectivity index (χ2n) is 5.60. The molecule has 0 atom stereocenters. The summed E-state index contributed by atoms with van der Waals surface area (Å²) in [7, 11) is 0. The molecule has 0 spiro atoms. The molecule has 2 nitrogen and oxygen atoms in total. The maximum atomic E-state index is 4.14. The van der Waals surface area contributed by atoms with Crippen molar-refractivity contribution in [3.05, 3.63) is 30.1 Å². The average molecular weight is 232 g/mol. The number of hydrogen-bond acceptors (Lipinski definition) is 2. The molecule has 94 valence electrons. The first-order valence-electron chi connectivity index (χ1n) is 6.88. The monoisotopic (exact) mass is 232 g/mol. The normalized spacial score (nSPS) is 25.1. The predicted octanol–water partition coefficient (Wildman–Crippen LogP) is 3.39. The summed E-state index contributed by atoms with van der Waals surface area (Å²) < 4.78 is 0. The Kier molecular flexibility index (Phi) is 4.55. The minimum atomic E-state index is 0.713. The SMILES string of the molecule is CC(C)C1CCC(NCc2cccnc2)CC1. The minimum Gasteiger partial charge on any atom is -0.310 e. The van der Waals surface area contributed by atoms with Crippen molar-refractivity contribution >= 4 is 0 Å². The zero-order valence-corrected chi connectivity index (χ0v) is 11.0. The lowest BCUT2D eigenvalue weighted by Crippen LogP contribution is -2.33. The average Bonchev–Trinajstić information content (AvgIpc) is 2.38. The summed E-state index contributed by atoms with van der Waals surface area (Å²) in [6.45, 7) is 5.67. The second-order valence-corrected chi connectivity index (χ2v) is 5.60. The van der Waals surface area contributed by atoms with Crippen LogP contribution in [0.3, 0.4) is 0 Å². The first-order valence-corrected chi connectivity index (χ1v) is 6.88. The van der Waals surface area contributed by atoms with Crippen LogP contribution in [0.15, 0.2) is 24.5 Å². The Balaban J connectivity index is 1.72. The number of nitrogens with zero attached hydrogens (tertiary/aromatic N) is 1. The van der Waals surface area contributed by atoms with E-state index in [0.717, 1.165) is 18.4 Å². The van der Waals surface area contributed by atoms with Crippen LogP contribution < -0.4 is 5.32 Å². The highest BCUT2D eigenvalue weighted by Gasteiger charge is 2.22. The Morgan fingerprint density at radius 2 is 2.06 bits per heavy atom.